The number of hydrogen-bond acceptors (Lipinski definition) is 4. The first kappa shape index (κ1) is 15.4. The van der Waals surface area contributed by atoms with Gasteiger partial charge in [0.15, 0.2) is 0 Å². The number of rotatable bonds is 10. The maximum Gasteiger partial charge on any atom is 0.208 e. The Morgan fingerprint density at radius 3 is 2.67 bits per heavy atom. The van der Waals surface area contributed by atoms with Crippen molar-refractivity contribution in [2.24, 2.45) is 5.92 Å². The average Bonchev–Trinajstić information content (AvgIpc) is 2.39. The molecule has 1 aliphatic heterocycles. The zero-order valence-corrected chi connectivity index (χ0v) is 11.4. The molecule has 5 nitrogen and oxygen atoms in total. The van der Waals surface area contributed by atoms with Gasteiger partial charge in [-0.3, -0.25) is 4.79 Å². The molecule has 1 amide bonds. The minimum absolute atomic E-state index is 0.287. The molecule has 0 aromatic rings. The lowest BCUT2D eigenvalue weighted by Crippen LogP contribution is -2.35. The van der Waals surface area contributed by atoms with Gasteiger partial charge in [-0.05, 0) is 38.3 Å². The smallest absolute Gasteiger partial charge is 0.208 e. The van der Waals surface area contributed by atoms with Crippen molar-refractivity contribution >= 4 is 6.41 Å². The second-order valence-electron chi connectivity index (χ2n) is 4.86. The summed E-state index contributed by atoms with van der Waals surface area (Å²) in [7, 11) is 0. The van der Waals surface area contributed by atoms with Gasteiger partial charge in [0.25, 0.3) is 0 Å². The van der Waals surface area contributed by atoms with Gasteiger partial charge in [-0.1, -0.05) is 6.92 Å². The summed E-state index contributed by atoms with van der Waals surface area (Å²) in [5.74, 6) is 0.888. The predicted molar refractivity (Wildman–Crippen MR) is 70.3 cm³/mol. The molecular formula is C13H26N2O3. The zero-order valence-electron chi connectivity index (χ0n) is 11.4. The van der Waals surface area contributed by atoms with Crippen molar-refractivity contribution in [2.75, 3.05) is 46.2 Å². The SMILES string of the molecule is CC1CCN(CCOCCCOCNC=O)CC1. The highest BCUT2D eigenvalue weighted by Crippen LogP contribution is 2.15. The fourth-order valence-corrected chi connectivity index (χ4v) is 2.01. The highest BCUT2D eigenvalue weighted by molar-refractivity contribution is 5.45. The average molecular weight is 258 g/mol. The Morgan fingerprint density at radius 1 is 1.22 bits per heavy atom. The van der Waals surface area contributed by atoms with E-state index in [1.807, 2.05) is 0 Å². The van der Waals surface area contributed by atoms with Crippen LogP contribution in [-0.4, -0.2) is 57.5 Å². The van der Waals surface area contributed by atoms with Crippen LogP contribution in [0.15, 0.2) is 0 Å². The van der Waals surface area contributed by atoms with E-state index >= 15 is 0 Å². The van der Waals surface area contributed by atoms with Gasteiger partial charge in [0.2, 0.25) is 6.41 Å². The fraction of sp³-hybridized carbons (Fsp3) is 0.923. The number of carbonyl (C=O) groups is 1. The lowest BCUT2D eigenvalue weighted by atomic mass is 9.99. The third-order valence-corrected chi connectivity index (χ3v) is 3.27. The third-order valence-electron chi connectivity index (χ3n) is 3.27. The Balaban J connectivity index is 1.79. The Morgan fingerprint density at radius 2 is 1.94 bits per heavy atom. The van der Waals surface area contributed by atoms with E-state index in [-0.39, 0.29) is 6.73 Å². The fourth-order valence-electron chi connectivity index (χ4n) is 2.01. The number of likely N-dealkylation sites (tertiary alicyclic amines) is 1. The van der Waals surface area contributed by atoms with E-state index in [1.165, 1.54) is 25.9 Å². The van der Waals surface area contributed by atoms with Crippen LogP contribution in [0.2, 0.25) is 0 Å². The first-order valence-electron chi connectivity index (χ1n) is 6.88. The topological polar surface area (TPSA) is 50.8 Å². The Kier molecular flexibility index (Phi) is 8.81. The molecule has 0 spiro atoms. The summed E-state index contributed by atoms with van der Waals surface area (Å²) >= 11 is 0. The summed E-state index contributed by atoms with van der Waals surface area (Å²) in [5, 5.41) is 2.45. The molecule has 0 aromatic heterocycles. The molecule has 0 atom stereocenters. The number of hydrogen-bond donors (Lipinski definition) is 1. The van der Waals surface area contributed by atoms with Gasteiger partial charge >= 0.3 is 0 Å². The lowest BCUT2D eigenvalue weighted by Gasteiger charge is -2.29. The van der Waals surface area contributed by atoms with Gasteiger partial charge in [0.05, 0.1) is 13.2 Å². The summed E-state index contributed by atoms with van der Waals surface area (Å²) in [5.41, 5.74) is 0. The second kappa shape index (κ2) is 10.3. The van der Waals surface area contributed by atoms with E-state index in [9.17, 15) is 4.79 Å². The molecule has 18 heavy (non-hydrogen) atoms. The van der Waals surface area contributed by atoms with Crippen molar-refractivity contribution in [2.45, 2.75) is 26.2 Å². The number of amides is 1. The van der Waals surface area contributed by atoms with E-state index in [2.05, 4.69) is 17.1 Å². The van der Waals surface area contributed by atoms with Crippen LogP contribution >= 0.6 is 0 Å². The molecule has 0 radical (unpaired) electrons. The highest BCUT2D eigenvalue weighted by Gasteiger charge is 2.14. The van der Waals surface area contributed by atoms with Crippen LogP contribution in [0.4, 0.5) is 0 Å². The van der Waals surface area contributed by atoms with Crippen LogP contribution in [-0.2, 0) is 14.3 Å². The van der Waals surface area contributed by atoms with Gasteiger partial charge < -0.3 is 19.7 Å². The number of piperidine rings is 1. The van der Waals surface area contributed by atoms with Crippen LogP contribution in [0.1, 0.15) is 26.2 Å². The summed E-state index contributed by atoms with van der Waals surface area (Å²) in [4.78, 5) is 12.4. The lowest BCUT2D eigenvalue weighted by molar-refractivity contribution is -0.111. The Labute approximate surface area is 110 Å². The van der Waals surface area contributed by atoms with Crippen LogP contribution in [0, 0.1) is 5.92 Å². The second-order valence-corrected chi connectivity index (χ2v) is 4.86. The van der Waals surface area contributed by atoms with E-state index in [0.717, 1.165) is 32.1 Å². The number of nitrogens with zero attached hydrogens (tertiary/aromatic N) is 1. The molecule has 0 aliphatic carbocycles. The third kappa shape index (κ3) is 7.63. The van der Waals surface area contributed by atoms with Crippen LogP contribution in [0.25, 0.3) is 0 Å². The van der Waals surface area contributed by atoms with Crippen molar-refractivity contribution in [3.05, 3.63) is 0 Å². The molecule has 0 aromatic carbocycles. The van der Waals surface area contributed by atoms with E-state index in [1.54, 1.807) is 0 Å². The molecule has 1 aliphatic rings. The number of nitrogens with one attached hydrogen (secondary N) is 1. The molecule has 1 rings (SSSR count). The zero-order chi connectivity index (χ0) is 13.1. The molecular weight excluding hydrogens is 232 g/mol. The van der Waals surface area contributed by atoms with Crippen LogP contribution in [0.5, 0.6) is 0 Å². The number of carbonyl (C=O) groups excluding carboxylic acids is 1. The summed E-state index contributed by atoms with van der Waals surface area (Å²) < 4.78 is 10.7. The maximum absolute atomic E-state index is 9.93. The van der Waals surface area contributed by atoms with Crippen molar-refractivity contribution < 1.29 is 14.3 Å². The summed E-state index contributed by atoms with van der Waals surface area (Å²) in [6.07, 6.45) is 4.14. The molecule has 0 bridgehead atoms. The maximum atomic E-state index is 9.93. The van der Waals surface area contributed by atoms with Gasteiger partial charge in [-0.15, -0.1) is 0 Å². The minimum atomic E-state index is 0.287. The van der Waals surface area contributed by atoms with Crippen molar-refractivity contribution in [3.8, 4) is 0 Å². The minimum Gasteiger partial charge on any atom is -0.380 e. The van der Waals surface area contributed by atoms with E-state index in [0.29, 0.717) is 13.0 Å². The molecule has 1 N–H and O–H groups in total. The largest absolute Gasteiger partial charge is 0.380 e. The molecule has 0 saturated carbocycles. The predicted octanol–water partition coefficient (Wildman–Crippen LogP) is 0.845. The molecule has 5 heteroatoms. The highest BCUT2D eigenvalue weighted by atomic mass is 16.5. The molecule has 1 saturated heterocycles. The standard InChI is InChI=1S/C13H26N2O3/c1-13-3-5-15(6-4-13)7-10-17-8-2-9-18-12-14-11-16/h11,13H,2-10,12H2,1H3,(H,14,16). The Hall–Kier alpha value is -0.650. The van der Waals surface area contributed by atoms with E-state index in [4.69, 9.17) is 9.47 Å². The van der Waals surface area contributed by atoms with Crippen LogP contribution in [0.3, 0.4) is 0 Å². The van der Waals surface area contributed by atoms with Gasteiger partial charge in [-0.2, -0.15) is 0 Å². The summed E-state index contributed by atoms with van der Waals surface area (Å²) in [6.45, 7) is 8.24. The van der Waals surface area contributed by atoms with Gasteiger partial charge in [0, 0.05) is 13.2 Å². The first-order valence-corrected chi connectivity index (χ1v) is 6.88. The number of ether oxygens (including phenoxy) is 2. The van der Waals surface area contributed by atoms with Crippen molar-refractivity contribution in [1.29, 1.82) is 0 Å². The van der Waals surface area contributed by atoms with Crippen LogP contribution < -0.4 is 5.32 Å². The molecule has 1 heterocycles. The van der Waals surface area contributed by atoms with E-state index < -0.39 is 0 Å². The summed E-state index contributed by atoms with van der Waals surface area (Å²) in [6, 6.07) is 0. The monoisotopic (exact) mass is 258 g/mol. The van der Waals surface area contributed by atoms with Gasteiger partial charge in [0.1, 0.15) is 6.73 Å². The quantitative estimate of drug-likeness (QED) is 0.358. The molecule has 1 fully saturated rings. The Bertz CT molecular complexity index is 206. The van der Waals surface area contributed by atoms with Gasteiger partial charge in [-0.25, -0.2) is 0 Å². The normalized spacial score (nSPS) is 17.8. The van der Waals surface area contributed by atoms with Crippen molar-refractivity contribution in [3.63, 3.8) is 0 Å². The molecule has 0 unspecified atom stereocenters. The molecule has 106 valence electrons. The first-order chi connectivity index (χ1) is 8.83. The van der Waals surface area contributed by atoms with Crippen molar-refractivity contribution in [1.82, 2.24) is 10.2 Å².